The van der Waals surface area contributed by atoms with Gasteiger partial charge in [-0.25, -0.2) is 0 Å². The van der Waals surface area contributed by atoms with Gasteiger partial charge in [-0.3, -0.25) is 4.79 Å². The molecule has 3 rings (SSSR count). The molecule has 2 aromatic rings. The predicted octanol–water partition coefficient (Wildman–Crippen LogP) is 2.95. The van der Waals surface area contributed by atoms with Crippen molar-refractivity contribution in [3.05, 3.63) is 58.3 Å². The molecule has 1 amide bonds. The van der Waals surface area contributed by atoms with Crippen LogP contribution in [0.2, 0.25) is 0 Å². The van der Waals surface area contributed by atoms with E-state index < -0.39 is 11.6 Å². The zero-order valence-corrected chi connectivity index (χ0v) is 14.8. The third kappa shape index (κ3) is 3.86. The monoisotopic (exact) mass is 344 g/mol. The fourth-order valence-corrected chi connectivity index (χ4v) is 3.94. The fourth-order valence-electron chi connectivity index (χ4n) is 3.23. The summed E-state index contributed by atoms with van der Waals surface area (Å²) >= 11 is 1.56. The summed E-state index contributed by atoms with van der Waals surface area (Å²) in [5.74, 6) is 0.0677. The van der Waals surface area contributed by atoms with E-state index in [-0.39, 0.29) is 5.91 Å². The molecule has 0 aliphatic carbocycles. The normalized spacial score (nSPS) is 21.6. The van der Waals surface area contributed by atoms with Crippen molar-refractivity contribution in [3.63, 3.8) is 0 Å². The third-order valence-electron chi connectivity index (χ3n) is 4.67. The Morgan fingerprint density at radius 3 is 2.79 bits per heavy atom. The van der Waals surface area contributed by atoms with E-state index >= 15 is 0 Å². The van der Waals surface area contributed by atoms with Gasteiger partial charge in [-0.05, 0) is 54.3 Å². The van der Waals surface area contributed by atoms with Gasteiger partial charge in [0.2, 0.25) is 5.91 Å². The van der Waals surface area contributed by atoms with Crippen LogP contribution in [0.5, 0.6) is 0 Å². The average Bonchev–Trinajstić information content (AvgIpc) is 3.27. The average molecular weight is 344 g/mol. The van der Waals surface area contributed by atoms with Gasteiger partial charge in [-0.2, -0.15) is 11.3 Å². The summed E-state index contributed by atoms with van der Waals surface area (Å²) in [7, 11) is 0. The molecule has 1 aromatic carbocycles. The van der Waals surface area contributed by atoms with Gasteiger partial charge in [0.25, 0.3) is 0 Å². The molecule has 0 bridgehead atoms. The third-order valence-corrected chi connectivity index (χ3v) is 5.37. The molecule has 1 aliphatic rings. The molecule has 2 N–H and O–H groups in total. The van der Waals surface area contributed by atoms with Crippen LogP contribution in [0.25, 0.3) is 0 Å². The van der Waals surface area contributed by atoms with E-state index in [0.29, 0.717) is 13.1 Å². The largest absolute Gasteiger partial charge is 0.387 e. The van der Waals surface area contributed by atoms with Crippen LogP contribution >= 0.6 is 11.3 Å². The number of carbonyl (C=O) groups excluding carboxylic acids is 1. The second-order valence-electron chi connectivity index (χ2n) is 6.61. The summed E-state index contributed by atoms with van der Waals surface area (Å²) in [6, 6.07) is 11.9. The second-order valence-corrected chi connectivity index (χ2v) is 7.39. The first kappa shape index (κ1) is 17.1. The van der Waals surface area contributed by atoms with E-state index in [9.17, 15) is 9.90 Å². The van der Waals surface area contributed by atoms with Gasteiger partial charge in [0.1, 0.15) is 0 Å². The lowest BCUT2D eigenvalue weighted by molar-refractivity contribution is -0.139. The Labute approximate surface area is 147 Å². The Kier molecular flexibility index (Phi) is 5.33. The van der Waals surface area contributed by atoms with Gasteiger partial charge in [-0.15, -0.1) is 0 Å². The van der Waals surface area contributed by atoms with E-state index in [1.807, 2.05) is 54.1 Å². The molecule has 5 heteroatoms. The van der Waals surface area contributed by atoms with Gasteiger partial charge >= 0.3 is 0 Å². The van der Waals surface area contributed by atoms with Gasteiger partial charge in [0.05, 0.1) is 18.2 Å². The Hall–Kier alpha value is -1.69. The maximum atomic E-state index is 13.1. The molecule has 1 saturated heterocycles. The van der Waals surface area contributed by atoms with E-state index in [2.05, 4.69) is 5.32 Å². The molecule has 1 aliphatic heterocycles. The van der Waals surface area contributed by atoms with Crippen molar-refractivity contribution in [2.75, 3.05) is 13.1 Å². The first-order chi connectivity index (χ1) is 11.6. The van der Waals surface area contributed by atoms with Crippen molar-refractivity contribution in [2.45, 2.75) is 38.0 Å². The highest BCUT2D eigenvalue weighted by atomic mass is 32.1. The number of hydrogen-bond donors (Lipinski definition) is 2. The van der Waals surface area contributed by atoms with Crippen molar-refractivity contribution < 1.29 is 9.90 Å². The number of hydrogen-bond acceptors (Lipinski definition) is 4. The number of nitrogens with one attached hydrogen (secondary N) is 1. The minimum absolute atomic E-state index is 0.0677. The molecule has 0 saturated carbocycles. The molecule has 1 fully saturated rings. The smallest absolute Gasteiger partial charge is 0.242 e. The Morgan fingerprint density at radius 2 is 2.17 bits per heavy atom. The van der Waals surface area contributed by atoms with Crippen LogP contribution in [0, 0.1) is 0 Å². The number of aliphatic hydroxyl groups is 1. The molecule has 2 atom stereocenters. The van der Waals surface area contributed by atoms with Crippen molar-refractivity contribution >= 4 is 17.2 Å². The summed E-state index contributed by atoms with van der Waals surface area (Å²) in [6.07, 6.45) is 1.19. The second kappa shape index (κ2) is 7.47. The Morgan fingerprint density at radius 1 is 1.38 bits per heavy atom. The summed E-state index contributed by atoms with van der Waals surface area (Å²) in [5.41, 5.74) is 1.42. The van der Waals surface area contributed by atoms with Crippen LogP contribution in [0.4, 0.5) is 0 Å². The molecule has 4 nitrogen and oxygen atoms in total. The molecular formula is C19H24N2O2S. The Bertz CT molecular complexity index is 651. The summed E-state index contributed by atoms with van der Waals surface area (Å²) in [5, 5.41) is 17.7. The summed E-state index contributed by atoms with van der Waals surface area (Å²) in [6.45, 7) is 3.66. The van der Waals surface area contributed by atoms with Crippen LogP contribution in [0.15, 0.2) is 47.2 Å². The predicted molar refractivity (Wildman–Crippen MR) is 96.8 cm³/mol. The number of amides is 1. The molecule has 128 valence electrons. The first-order valence-corrected chi connectivity index (χ1v) is 9.31. The maximum Gasteiger partial charge on any atom is 0.242 e. The quantitative estimate of drug-likeness (QED) is 0.847. The van der Waals surface area contributed by atoms with Crippen molar-refractivity contribution in [3.8, 4) is 0 Å². The highest BCUT2D eigenvalue weighted by molar-refractivity contribution is 7.07. The van der Waals surface area contributed by atoms with Gasteiger partial charge in [-0.1, -0.05) is 30.3 Å². The lowest BCUT2D eigenvalue weighted by Gasteiger charge is -2.33. The minimum Gasteiger partial charge on any atom is -0.387 e. The van der Waals surface area contributed by atoms with E-state index in [4.69, 9.17) is 0 Å². The maximum absolute atomic E-state index is 13.1. The summed E-state index contributed by atoms with van der Waals surface area (Å²) < 4.78 is 0. The molecule has 24 heavy (non-hydrogen) atoms. The highest BCUT2D eigenvalue weighted by Crippen LogP contribution is 2.25. The highest BCUT2D eigenvalue weighted by Gasteiger charge is 2.39. The van der Waals surface area contributed by atoms with E-state index in [1.54, 1.807) is 16.2 Å². The Balaban J connectivity index is 1.78. The lowest BCUT2D eigenvalue weighted by atomic mass is 9.97. The standard InChI is InChI=1S/C19H24N2O2S/c1-19(9-5-10-20-19)18(23)21(12-15-6-3-2-4-7-15)13-17(22)16-8-11-24-14-16/h2-4,6-8,11,14,17,20,22H,5,9-10,12-13H2,1H3. The number of aliphatic hydroxyl groups excluding tert-OH is 1. The van der Waals surface area contributed by atoms with Gasteiger partial charge < -0.3 is 15.3 Å². The molecule has 2 heterocycles. The van der Waals surface area contributed by atoms with Gasteiger partial charge in [0, 0.05) is 6.54 Å². The fraction of sp³-hybridized carbons (Fsp3) is 0.421. The zero-order valence-electron chi connectivity index (χ0n) is 13.9. The topological polar surface area (TPSA) is 52.6 Å². The molecule has 2 unspecified atom stereocenters. The van der Waals surface area contributed by atoms with Crippen LogP contribution in [0.3, 0.4) is 0 Å². The number of rotatable bonds is 6. The minimum atomic E-state index is -0.658. The van der Waals surface area contributed by atoms with Crippen LogP contribution in [-0.4, -0.2) is 34.5 Å². The van der Waals surface area contributed by atoms with Crippen LogP contribution < -0.4 is 5.32 Å². The van der Waals surface area contributed by atoms with E-state index in [0.717, 1.165) is 30.5 Å². The van der Waals surface area contributed by atoms with Crippen LogP contribution in [-0.2, 0) is 11.3 Å². The van der Waals surface area contributed by atoms with Gasteiger partial charge in [0.15, 0.2) is 0 Å². The number of carbonyl (C=O) groups is 1. The van der Waals surface area contributed by atoms with E-state index in [1.165, 1.54) is 0 Å². The lowest BCUT2D eigenvalue weighted by Crippen LogP contribution is -2.53. The SMILES string of the molecule is CC1(C(=O)N(Cc2ccccc2)CC(O)c2ccsc2)CCCN1. The molecule has 1 aromatic heterocycles. The number of benzene rings is 1. The summed E-state index contributed by atoms with van der Waals surface area (Å²) in [4.78, 5) is 14.9. The molecule has 0 spiro atoms. The van der Waals surface area contributed by atoms with Crippen molar-refractivity contribution in [2.24, 2.45) is 0 Å². The number of nitrogens with zero attached hydrogens (tertiary/aromatic N) is 1. The zero-order chi connectivity index (χ0) is 17.0. The van der Waals surface area contributed by atoms with Crippen molar-refractivity contribution in [1.29, 1.82) is 0 Å². The van der Waals surface area contributed by atoms with Crippen molar-refractivity contribution in [1.82, 2.24) is 10.2 Å². The molecular weight excluding hydrogens is 320 g/mol. The molecule has 0 radical (unpaired) electrons. The van der Waals surface area contributed by atoms with Crippen LogP contribution in [0.1, 0.15) is 37.0 Å². The first-order valence-electron chi connectivity index (χ1n) is 8.37. The number of thiophene rings is 1.